The summed E-state index contributed by atoms with van der Waals surface area (Å²) in [5.41, 5.74) is -0.540. The number of ether oxygens (including phenoxy) is 1. The van der Waals surface area contributed by atoms with Gasteiger partial charge >= 0.3 is 6.09 Å². The van der Waals surface area contributed by atoms with Crippen LogP contribution >= 0.6 is 0 Å². The Morgan fingerprint density at radius 1 is 1.18 bits per heavy atom. The lowest BCUT2D eigenvalue weighted by Crippen LogP contribution is -2.47. The summed E-state index contributed by atoms with van der Waals surface area (Å²) < 4.78 is 11.2. The van der Waals surface area contributed by atoms with Gasteiger partial charge in [-0.2, -0.15) is 0 Å². The average molecular weight is 334 g/mol. The Balaban J connectivity index is 4.29. The number of hydrogen-bond acceptors (Lipinski definition) is 4. The Hall–Kier alpha value is -0.593. The molecule has 132 valence electrons. The fourth-order valence-corrected chi connectivity index (χ4v) is 4.13. The molecule has 2 N–H and O–H groups in total. The standard InChI is InChI=1S/C16H35NO4Si/c1-12(2)16(6,7)22(8,9)20-11-13(18)10-17-14(19)21-15(3,4)5/h12-13,18H,10-11H2,1-9H3,(H,17,19). The average Bonchev–Trinajstić information content (AvgIpc) is 2.31. The van der Waals surface area contributed by atoms with Crippen LogP contribution in [-0.4, -0.2) is 44.4 Å². The van der Waals surface area contributed by atoms with Crippen molar-refractivity contribution < 1.29 is 19.1 Å². The van der Waals surface area contributed by atoms with E-state index in [0.29, 0.717) is 5.92 Å². The molecule has 0 rings (SSSR count). The first-order valence-corrected chi connectivity index (χ1v) is 10.9. The molecule has 0 spiro atoms. The highest BCUT2D eigenvalue weighted by molar-refractivity contribution is 6.74. The van der Waals surface area contributed by atoms with Gasteiger partial charge in [0.15, 0.2) is 8.32 Å². The minimum atomic E-state index is -1.96. The van der Waals surface area contributed by atoms with E-state index in [1.807, 2.05) is 0 Å². The first-order chi connectivity index (χ1) is 9.69. The summed E-state index contributed by atoms with van der Waals surface area (Å²) in [6.07, 6.45) is -1.26. The molecule has 0 saturated carbocycles. The number of amides is 1. The van der Waals surface area contributed by atoms with Gasteiger partial charge in [0.25, 0.3) is 0 Å². The Morgan fingerprint density at radius 3 is 2.09 bits per heavy atom. The zero-order chi connectivity index (χ0) is 17.8. The van der Waals surface area contributed by atoms with Gasteiger partial charge in [-0.1, -0.05) is 27.7 Å². The molecule has 1 unspecified atom stereocenters. The Kier molecular flexibility index (Phi) is 7.58. The molecule has 1 amide bonds. The monoisotopic (exact) mass is 333 g/mol. The quantitative estimate of drug-likeness (QED) is 0.699. The topological polar surface area (TPSA) is 67.8 Å². The molecule has 0 radical (unpaired) electrons. The molecule has 0 aliphatic heterocycles. The van der Waals surface area contributed by atoms with Crippen LogP contribution in [0.2, 0.25) is 18.1 Å². The zero-order valence-electron chi connectivity index (χ0n) is 15.7. The van der Waals surface area contributed by atoms with Gasteiger partial charge in [-0.25, -0.2) is 4.79 Å². The number of alkyl carbamates (subject to hydrolysis) is 1. The fourth-order valence-electron chi connectivity index (χ4n) is 1.76. The molecule has 6 heteroatoms. The summed E-state index contributed by atoms with van der Waals surface area (Å²) in [4.78, 5) is 11.5. The van der Waals surface area contributed by atoms with Gasteiger partial charge in [0, 0.05) is 6.54 Å². The third kappa shape index (κ3) is 7.11. The van der Waals surface area contributed by atoms with Gasteiger partial charge in [-0.3, -0.25) is 0 Å². The second kappa shape index (κ2) is 7.79. The highest BCUT2D eigenvalue weighted by Crippen LogP contribution is 2.44. The number of carbonyl (C=O) groups excluding carboxylic acids is 1. The van der Waals surface area contributed by atoms with E-state index in [1.54, 1.807) is 20.8 Å². The first kappa shape index (κ1) is 21.4. The Morgan fingerprint density at radius 2 is 1.68 bits per heavy atom. The molecule has 22 heavy (non-hydrogen) atoms. The molecule has 0 heterocycles. The lowest BCUT2D eigenvalue weighted by atomic mass is 9.99. The summed E-state index contributed by atoms with van der Waals surface area (Å²) in [6, 6.07) is 0. The highest BCUT2D eigenvalue weighted by Gasteiger charge is 2.43. The van der Waals surface area contributed by atoms with E-state index in [2.05, 4.69) is 46.1 Å². The highest BCUT2D eigenvalue weighted by atomic mass is 28.4. The maximum atomic E-state index is 11.5. The summed E-state index contributed by atoms with van der Waals surface area (Å²) >= 11 is 0. The number of carbonyl (C=O) groups is 1. The van der Waals surface area contributed by atoms with E-state index in [4.69, 9.17) is 9.16 Å². The SMILES string of the molecule is CC(C)C(C)(C)[Si](C)(C)OCC(O)CNC(=O)OC(C)(C)C. The van der Waals surface area contributed by atoms with Crippen LogP contribution in [0.1, 0.15) is 48.5 Å². The molecule has 1 atom stereocenters. The lowest BCUT2D eigenvalue weighted by Gasteiger charge is -2.42. The Bertz CT molecular complexity index is 362. The molecule has 5 nitrogen and oxygen atoms in total. The molecular formula is C16H35NO4Si. The van der Waals surface area contributed by atoms with E-state index >= 15 is 0 Å². The smallest absolute Gasteiger partial charge is 0.407 e. The maximum Gasteiger partial charge on any atom is 0.407 e. The normalized spacial score (nSPS) is 14.9. The fraction of sp³-hybridized carbons (Fsp3) is 0.938. The molecule has 0 aromatic carbocycles. The van der Waals surface area contributed by atoms with Gasteiger partial charge in [0.2, 0.25) is 0 Å². The molecule has 0 aliphatic rings. The van der Waals surface area contributed by atoms with Gasteiger partial charge < -0.3 is 19.6 Å². The van der Waals surface area contributed by atoms with Gasteiger partial charge in [-0.15, -0.1) is 0 Å². The molecule has 0 bridgehead atoms. The van der Waals surface area contributed by atoms with E-state index in [1.165, 1.54) is 0 Å². The van der Waals surface area contributed by atoms with Crippen LogP contribution < -0.4 is 5.32 Å². The van der Waals surface area contributed by atoms with Crippen molar-refractivity contribution in [2.75, 3.05) is 13.2 Å². The second-order valence-electron chi connectivity index (χ2n) is 8.23. The summed E-state index contributed by atoms with van der Waals surface area (Å²) in [7, 11) is -1.96. The largest absolute Gasteiger partial charge is 0.444 e. The third-order valence-electron chi connectivity index (χ3n) is 4.51. The number of rotatable bonds is 7. The second-order valence-corrected chi connectivity index (χ2v) is 12.8. The van der Waals surface area contributed by atoms with Crippen LogP contribution in [0.3, 0.4) is 0 Å². The minimum Gasteiger partial charge on any atom is -0.444 e. The van der Waals surface area contributed by atoms with Crippen molar-refractivity contribution in [1.82, 2.24) is 5.32 Å². The van der Waals surface area contributed by atoms with Crippen molar-refractivity contribution in [3.05, 3.63) is 0 Å². The van der Waals surface area contributed by atoms with E-state index in [0.717, 1.165) is 0 Å². The van der Waals surface area contributed by atoms with Crippen molar-refractivity contribution in [2.24, 2.45) is 5.92 Å². The van der Waals surface area contributed by atoms with Crippen LogP contribution in [0.4, 0.5) is 4.79 Å². The molecule has 0 saturated heterocycles. The lowest BCUT2D eigenvalue weighted by molar-refractivity contribution is 0.0455. The molecular weight excluding hydrogens is 298 g/mol. The predicted octanol–water partition coefficient (Wildman–Crippen LogP) is 3.53. The van der Waals surface area contributed by atoms with Crippen LogP contribution in [0.25, 0.3) is 0 Å². The van der Waals surface area contributed by atoms with Crippen LogP contribution in [-0.2, 0) is 9.16 Å². The molecule has 0 aromatic rings. The van der Waals surface area contributed by atoms with Crippen molar-refractivity contribution >= 4 is 14.4 Å². The van der Waals surface area contributed by atoms with E-state index < -0.39 is 26.1 Å². The zero-order valence-corrected chi connectivity index (χ0v) is 16.7. The molecule has 0 fully saturated rings. The number of nitrogens with one attached hydrogen (secondary N) is 1. The summed E-state index contributed by atoms with van der Waals surface area (Å²) in [5, 5.41) is 12.7. The third-order valence-corrected chi connectivity index (χ3v) is 9.08. The van der Waals surface area contributed by atoms with Gasteiger partial charge in [0.05, 0.1) is 12.7 Å². The van der Waals surface area contributed by atoms with Crippen molar-refractivity contribution in [3.63, 3.8) is 0 Å². The van der Waals surface area contributed by atoms with Crippen molar-refractivity contribution in [3.8, 4) is 0 Å². The number of aliphatic hydroxyl groups excluding tert-OH is 1. The van der Waals surface area contributed by atoms with Gasteiger partial charge in [-0.05, 0) is 44.8 Å². The maximum absolute atomic E-state index is 11.5. The molecule has 0 aliphatic carbocycles. The van der Waals surface area contributed by atoms with Crippen molar-refractivity contribution in [1.29, 1.82) is 0 Å². The van der Waals surface area contributed by atoms with Crippen molar-refractivity contribution in [2.45, 2.75) is 78.3 Å². The van der Waals surface area contributed by atoms with E-state index in [-0.39, 0.29) is 18.2 Å². The van der Waals surface area contributed by atoms with Crippen LogP contribution in [0.15, 0.2) is 0 Å². The van der Waals surface area contributed by atoms with Gasteiger partial charge in [0.1, 0.15) is 5.60 Å². The van der Waals surface area contributed by atoms with Crippen LogP contribution in [0, 0.1) is 5.92 Å². The predicted molar refractivity (Wildman–Crippen MR) is 92.6 cm³/mol. The first-order valence-electron chi connectivity index (χ1n) is 7.98. The Labute approximate surface area is 136 Å². The number of aliphatic hydroxyl groups is 1. The van der Waals surface area contributed by atoms with Crippen LogP contribution in [0.5, 0.6) is 0 Å². The number of hydrogen-bond donors (Lipinski definition) is 2. The van der Waals surface area contributed by atoms with E-state index in [9.17, 15) is 9.90 Å². The minimum absolute atomic E-state index is 0.102. The molecule has 0 aromatic heterocycles. The summed E-state index contributed by atoms with van der Waals surface area (Å²) in [6.45, 7) is 18.9. The summed E-state index contributed by atoms with van der Waals surface area (Å²) in [5.74, 6) is 0.506.